The van der Waals surface area contributed by atoms with Crippen LogP contribution in [0.15, 0.2) is 26.3 Å². The van der Waals surface area contributed by atoms with Gasteiger partial charge in [0.05, 0.1) is 11.1 Å². The third-order valence-corrected chi connectivity index (χ3v) is 4.35. The fourth-order valence-corrected chi connectivity index (χ4v) is 3.18. The van der Waals surface area contributed by atoms with Gasteiger partial charge in [-0.1, -0.05) is 20.3 Å². The molecule has 1 aliphatic rings. The van der Waals surface area contributed by atoms with Crippen LogP contribution in [0.3, 0.4) is 0 Å². The molecular weight excluding hydrogens is 326 g/mol. The van der Waals surface area contributed by atoms with E-state index in [-0.39, 0.29) is 23.6 Å². The molecule has 0 saturated heterocycles. The van der Waals surface area contributed by atoms with Gasteiger partial charge in [0, 0.05) is 18.1 Å². The maximum Gasteiger partial charge on any atom is 0.371 e. The van der Waals surface area contributed by atoms with Crippen molar-refractivity contribution < 1.29 is 24.2 Å². The Hall–Kier alpha value is -2.96. The van der Waals surface area contributed by atoms with Crippen molar-refractivity contribution in [3.8, 4) is 0 Å². The largest absolute Gasteiger partial charge is 0.477 e. The van der Waals surface area contributed by atoms with E-state index >= 15 is 0 Å². The Labute approximate surface area is 142 Å². The topological polar surface area (TPSA) is 117 Å². The fraction of sp³-hybridized carbons (Fsp3) is 0.333. The molecule has 1 aliphatic heterocycles. The van der Waals surface area contributed by atoms with E-state index < -0.39 is 23.1 Å². The van der Waals surface area contributed by atoms with Gasteiger partial charge >= 0.3 is 11.9 Å². The van der Waals surface area contributed by atoms with Crippen molar-refractivity contribution in [3.63, 3.8) is 0 Å². The van der Waals surface area contributed by atoms with Gasteiger partial charge in [0.1, 0.15) is 11.3 Å². The molecule has 0 radical (unpaired) electrons. The number of hydrogen-bond donors (Lipinski definition) is 2. The predicted molar refractivity (Wildman–Crippen MR) is 91.2 cm³/mol. The van der Waals surface area contributed by atoms with Crippen LogP contribution in [0.1, 0.15) is 54.3 Å². The molecule has 2 aromatic rings. The molecule has 1 aromatic heterocycles. The van der Waals surface area contributed by atoms with Crippen molar-refractivity contribution >= 4 is 34.3 Å². The summed E-state index contributed by atoms with van der Waals surface area (Å²) in [6, 6.07) is 2.61. The van der Waals surface area contributed by atoms with Crippen LogP contribution in [-0.2, 0) is 11.2 Å². The van der Waals surface area contributed by atoms with Gasteiger partial charge in [-0.25, -0.2) is 14.6 Å². The zero-order valence-corrected chi connectivity index (χ0v) is 13.8. The van der Waals surface area contributed by atoms with Crippen LogP contribution in [0.2, 0.25) is 0 Å². The highest BCUT2D eigenvalue weighted by Gasteiger charge is 2.28. The first-order chi connectivity index (χ1) is 11.8. The molecule has 130 valence electrons. The number of carbonyl (C=O) groups is 2. The summed E-state index contributed by atoms with van der Waals surface area (Å²) in [4.78, 5) is 39.2. The Morgan fingerprint density at radius 1 is 1.28 bits per heavy atom. The second-order valence-electron chi connectivity index (χ2n) is 6.17. The Kier molecular flexibility index (Phi) is 4.16. The van der Waals surface area contributed by atoms with E-state index in [1.807, 2.05) is 13.8 Å². The molecule has 25 heavy (non-hydrogen) atoms. The van der Waals surface area contributed by atoms with Gasteiger partial charge in [0.25, 0.3) is 0 Å². The molecule has 0 bridgehead atoms. The van der Waals surface area contributed by atoms with Crippen LogP contribution in [0, 0.1) is 0 Å². The maximum absolute atomic E-state index is 12.4. The fourth-order valence-electron chi connectivity index (χ4n) is 3.18. The number of rotatable bonds is 4. The monoisotopic (exact) mass is 343 g/mol. The molecule has 7 nitrogen and oxygen atoms in total. The molecule has 1 aromatic carbocycles. The zero-order chi connectivity index (χ0) is 18.3. The third-order valence-electron chi connectivity index (χ3n) is 4.35. The Morgan fingerprint density at radius 2 is 2.00 bits per heavy atom. The maximum atomic E-state index is 12.4. The van der Waals surface area contributed by atoms with E-state index in [0.717, 1.165) is 11.6 Å². The number of aliphatic carboxylic acids is 1. The van der Waals surface area contributed by atoms with Crippen LogP contribution >= 0.6 is 0 Å². The highest BCUT2D eigenvalue weighted by Crippen LogP contribution is 2.41. The summed E-state index contributed by atoms with van der Waals surface area (Å²) in [5.41, 5.74) is 1.65. The van der Waals surface area contributed by atoms with Gasteiger partial charge in [0.2, 0.25) is 5.76 Å². The number of benzene rings is 1. The number of aryl methyl sites for hydroxylation is 1. The molecule has 2 heterocycles. The molecule has 1 atom stereocenters. The first-order valence-electron chi connectivity index (χ1n) is 8.01. The normalized spacial score (nSPS) is 16.4. The molecular formula is C18H17NO6. The second kappa shape index (κ2) is 6.16. The lowest BCUT2D eigenvalue weighted by molar-refractivity contribution is -0.129. The summed E-state index contributed by atoms with van der Waals surface area (Å²) >= 11 is 0. The Bertz CT molecular complexity index is 985. The molecule has 0 saturated carbocycles. The molecule has 0 fully saturated rings. The van der Waals surface area contributed by atoms with E-state index in [4.69, 9.17) is 9.52 Å². The van der Waals surface area contributed by atoms with E-state index in [9.17, 15) is 19.5 Å². The van der Waals surface area contributed by atoms with Crippen molar-refractivity contribution in [1.29, 1.82) is 0 Å². The molecule has 0 aliphatic carbocycles. The minimum atomic E-state index is -1.33. The third kappa shape index (κ3) is 2.82. The molecule has 7 heteroatoms. The minimum Gasteiger partial charge on any atom is -0.477 e. The first-order valence-corrected chi connectivity index (χ1v) is 8.01. The average Bonchev–Trinajstić information content (AvgIpc) is 2.55. The van der Waals surface area contributed by atoms with Crippen LogP contribution in [0.4, 0.5) is 5.69 Å². The van der Waals surface area contributed by atoms with Gasteiger partial charge in [-0.05, 0) is 24.0 Å². The van der Waals surface area contributed by atoms with E-state index in [0.29, 0.717) is 29.5 Å². The van der Waals surface area contributed by atoms with Crippen molar-refractivity contribution in [3.05, 3.63) is 39.2 Å². The smallest absolute Gasteiger partial charge is 0.371 e. The number of fused-ring (bicyclic) bond motifs is 2. The Balaban J connectivity index is 2.43. The van der Waals surface area contributed by atoms with Crippen LogP contribution in [-0.4, -0.2) is 27.9 Å². The lowest BCUT2D eigenvalue weighted by Crippen LogP contribution is -2.20. The lowest BCUT2D eigenvalue weighted by atomic mass is 9.87. The highest BCUT2D eigenvalue weighted by molar-refractivity contribution is 6.36. The van der Waals surface area contributed by atoms with Gasteiger partial charge in [-0.3, -0.25) is 4.79 Å². The standard InChI is InChI=1S/C18H17NO6/c1-3-4-9-15-10(8(2)5-12(19-15)17(21)22)6-11-13(20)7-14(18(23)24)25-16(9)11/h6-8H,3-5H2,1-2H3,(H,21,22)(H,23,24). The van der Waals surface area contributed by atoms with E-state index in [2.05, 4.69) is 4.99 Å². The summed E-state index contributed by atoms with van der Waals surface area (Å²) in [7, 11) is 0. The second-order valence-corrected chi connectivity index (χ2v) is 6.17. The molecule has 3 rings (SSSR count). The summed E-state index contributed by atoms with van der Waals surface area (Å²) < 4.78 is 5.47. The summed E-state index contributed by atoms with van der Waals surface area (Å²) in [6.07, 6.45) is 1.48. The summed E-state index contributed by atoms with van der Waals surface area (Å²) in [5.74, 6) is -2.97. The number of aliphatic imine (C=N–C) groups is 1. The quantitative estimate of drug-likeness (QED) is 0.881. The number of carboxylic acids is 2. The number of hydrogen-bond acceptors (Lipinski definition) is 5. The number of aromatic carboxylic acids is 1. The molecule has 0 amide bonds. The molecule has 2 N–H and O–H groups in total. The summed E-state index contributed by atoms with van der Waals surface area (Å²) in [6.45, 7) is 3.81. The number of carboxylic acid groups (broad SMARTS) is 2. The lowest BCUT2D eigenvalue weighted by Gasteiger charge is -2.23. The van der Waals surface area contributed by atoms with Crippen LogP contribution in [0.5, 0.6) is 0 Å². The molecule has 1 unspecified atom stereocenters. The SMILES string of the molecule is CCCc1c2c(cc3c(=O)cc(C(=O)O)oc13)C(C)CC(C(=O)O)=N2. The van der Waals surface area contributed by atoms with Gasteiger partial charge in [-0.15, -0.1) is 0 Å². The first kappa shape index (κ1) is 16.9. The number of nitrogens with zero attached hydrogens (tertiary/aromatic N) is 1. The summed E-state index contributed by atoms with van der Waals surface area (Å²) in [5, 5.41) is 18.7. The minimum absolute atomic E-state index is 0.0495. The predicted octanol–water partition coefficient (Wildman–Crippen LogP) is 3.11. The van der Waals surface area contributed by atoms with E-state index in [1.165, 1.54) is 0 Å². The van der Waals surface area contributed by atoms with Crippen molar-refractivity contribution in [2.24, 2.45) is 4.99 Å². The van der Waals surface area contributed by atoms with Crippen LogP contribution < -0.4 is 5.43 Å². The van der Waals surface area contributed by atoms with Gasteiger partial charge in [-0.2, -0.15) is 0 Å². The van der Waals surface area contributed by atoms with Crippen molar-refractivity contribution in [2.45, 2.75) is 39.0 Å². The zero-order valence-electron chi connectivity index (χ0n) is 13.8. The molecule has 0 spiro atoms. The van der Waals surface area contributed by atoms with Gasteiger partial charge in [0.15, 0.2) is 5.43 Å². The van der Waals surface area contributed by atoms with Crippen molar-refractivity contribution in [1.82, 2.24) is 0 Å². The van der Waals surface area contributed by atoms with Crippen LogP contribution in [0.25, 0.3) is 11.0 Å². The Morgan fingerprint density at radius 3 is 2.60 bits per heavy atom. The average molecular weight is 343 g/mol. The van der Waals surface area contributed by atoms with Gasteiger partial charge < -0.3 is 14.6 Å². The van der Waals surface area contributed by atoms with E-state index in [1.54, 1.807) is 6.07 Å². The highest BCUT2D eigenvalue weighted by atomic mass is 16.4. The van der Waals surface area contributed by atoms with Crippen molar-refractivity contribution in [2.75, 3.05) is 0 Å².